The number of rotatable bonds is 4. The third-order valence-corrected chi connectivity index (χ3v) is 6.03. The van der Waals surface area contributed by atoms with Crippen LogP contribution in [0, 0.1) is 13.8 Å². The van der Waals surface area contributed by atoms with Gasteiger partial charge in [-0.25, -0.2) is 13.2 Å². The lowest BCUT2D eigenvalue weighted by atomic mass is 10.2. The Bertz CT molecular complexity index is 924. The highest BCUT2D eigenvalue weighted by Crippen LogP contribution is 2.24. The molecule has 1 fully saturated rings. The van der Waals surface area contributed by atoms with E-state index >= 15 is 0 Å². The quantitative estimate of drug-likeness (QED) is 0.893. The topological polar surface area (TPSA) is 69.7 Å². The number of nitrogens with one attached hydrogen (secondary N) is 1. The monoisotopic (exact) mass is 373 g/mol. The molecule has 0 spiro atoms. The van der Waals surface area contributed by atoms with Crippen molar-refractivity contribution in [3.8, 4) is 0 Å². The van der Waals surface area contributed by atoms with Crippen molar-refractivity contribution in [1.29, 1.82) is 0 Å². The number of hydrogen-bond donors (Lipinski definition) is 1. The maximum Gasteiger partial charge on any atom is 0.324 e. The van der Waals surface area contributed by atoms with Gasteiger partial charge in [0.1, 0.15) is 0 Å². The molecule has 0 saturated carbocycles. The van der Waals surface area contributed by atoms with Gasteiger partial charge >= 0.3 is 6.03 Å². The van der Waals surface area contributed by atoms with E-state index in [0.717, 1.165) is 24.2 Å². The molecule has 138 valence electrons. The summed E-state index contributed by atoms with van der Waals surface area (Å²) in [6, 6.07) is 12.1. The highest BCUT2D eigenvalue weighted by molar-refractivity contribution is 7.92. The molecule has 1 saturated heterocycles. The van der Waals surface area contributed by atoms with Crippen LogP contribution in [0.25, 0.3) is 0 Å². The Kier molecular flexibility index (Phi) is 4.91. The van der Waals surface area contributed by atoms with Crippen molar-refractivity contribution in [1.82, 2.24) is 4.90 Å². The Labute approximate surface area is 154 Å². The Morgan fingerprint density at radius 3 is 2.35 bits per heavy atom. The molecule has 1 N–H and O–H groups in total. The molecule has 1 aliphatic heterocycles. The molecule has 0 radical (unpaired) electrons. The van der Waals surface area contributed by atoms with Crippen molar-refractivity contribution in [2.75, 3.05) is 29.8 Å². The van der Waals surface area contributed by atoms with E-state index < -0.39 is 10.0 Å². The Hall–Kier alpha value is -2.54. The number of aryl methyl sites for hydroxylation is 2. The van der Waals surface area contributed by atoms with Gasteiger partial charge in [0.05, 0.1) is 4.90 Å². The van der Waals surface area contributed by atoms with Crippen LogP contribution in [-0.4, -0.2) is 39.5 Å². The largest absolute Gasteiger partial charge is 0.327 e. The average molecular weight is 373 g/mol. The second kappa shape index (κ2) is 6.99. The first-order valence-corrected chi connectivity index (χ1v) is 9.99. The fraction of sp³-hybridized carbons (Fsp3) is 0.316. The molecule has 0 atom stereocenters. The maximum atomic E-state index is 12.6. The van der Waals surface area contributed by atoms with Gasteiger partial charge in [-0.3, -0.25) is 9.62 Å². The molecule has 7 heteroatoms. The molecular weight excluding hydrogens is 350 g/mol. The molecule has 1 aliphatic rings. The Morgan fingerprint density at radius 1 is 1.00 bits per heavy atom. The van der Waals surface area contributed by atoms with E-state index in [1.165, 1.54) is 0 Å². The minimum atomic E-state index is -3.66. The molecule has 6 nitrogen and oxygen atoms in total. The normalized spacial score (nSPS) is 15.3. The van der Waals surface area contributed by atoms with Crippen LogP contribution in [0.3, 0.4) is 0 Å². The molecule has 0 bridgehead atoms. The summed E-state index contributed by atoms with van der Waals surface area (Å²) < 4.78 is 27.9. The van der Waals surface area contributed by atoms with Crippen molar-refractivity contribution >= 4 is 27.4 Å². The first-order valence-electron chi connectivity index (χ1n) is 8.51. The molecule has 0 unspecified atom stereocenters. The summed E-state index contributed by atoms with van der Waals surface area (Å²) in [5, 5.41) is 0. The summed E-state index contributed by atoms with van der Waals surface area (Å²) in [7, 11) is -1.88. The lowest BCUT2D eigenvalue weighted by Gasteiger charge is -2.33. The van der Waals surface area contributed by atoms with E-state index in [1.807, 2.05) is 13.0 Å². The summed E-state index contributed by atoms with van der Waals surface area (Å²) >= 11 is 0. The van der Waals surface area contributed by atoms with Gasteiger partial charge in [0, 0.05) is 31.5 Å². The highest BCUT2D eigenvalue weighted by Gasteiger charge is 2.24. The van der Waals surface area contributed by atoms with Crippen molar-refractivity contribution < 1.29 is 13.2 Å². The fourth-order valence-electron chi connectivity index (χ4n) is 3.12. The first kappa shape index (κ1) is 18.3. The van der Waals surface area contributed by atoms with Gasteiger partial charge in [-0.2, -0.15) is 0 Å². The van der Waals surface area contributed by atoms with Gasteiger partial charge in [-0.1, -0.05) is 17.7 Å². The highest BCUT2D eigenvalue weighted by atomic mass is 32.2. The number of urea groups is 1. The van der Waals surface area contributed by atoms with Crippen LogP contribution in [0.1, 0.15) is 17.5 Å². The summed E-state index contributed by atoms with van der Waals surface area (Å²) in [5.41, 5.74) is 2.94. The van der Waals surface area contributed by atoms with Gasteiger partial charge in [0.15, 0.2) is 0 Å². The molecule has 3 rings (SSSR count). The van der Waals surface area contributed by atoms with Gasteiger partial charge < -0.3 is 4.90 Å². The van der Waals surface area contributed by atoms with Crippen molar-refractivity contribution in [3.05, 3.63) is 53.6 Å². The number of hydrogen-bond acceptors (Lipinski definition) is 3. The number of amides is 2. The van der Waals surface area contributed by atoms with E-state index in [2.05, 4.69) is 4.72 Å². The lowest BCUT2D eigenvalue weighted by Crippen LogP contribution is -2.47. The minimum absolute atomic E-state index is 0.0418. The van der Waals surface area contributed by atoms with E-state index in [1.54, 1.807) is 60.2 Å². The first-order chi connectivity index (χ1) is 12.3. The van der Waals surface area contributed by atoms with E-state index in [0.29, 0.717) is 17.8 Å². The zero-order chi connectivity index (χ0) is 18.9. The molecule has 2 amide bonds. The standard InChI is InChI=1S/C19H23N3O3S/c1-14-5-10-18(15(2)13-14)26(24,25)20-16-6-8-17(9-7-16)22-12-4-11-21(3)19(22)23/h5-10,13,20H,4,11-12H2,1-3H3. The Balaban J connectivity index is 1.79. The number of sulfonamides is 1. The van der Waals surface area contributed by atoms with Crippen LogP contribution < -0.4 is 9.62 Å². The Morgan fingerprint density at radius 2 is 1.69 bits per heavy atom. The van der Waals surface area contributed by atoms with Gasteiger partial charge in [-0.15, -0.1) is 0 Å². The maximum absolute atomic E-state index is 12.6. The van der Waals surface area contributed by atoms with Crippen LogP contribution in [0.2, 0.25) is 0 Å². The molecule has 0 aromatic heterocycles. The van der Waals surface area contributed by atoms with Crippen LogP contribution in [0.5, 0.6) is 0 Å². The number of benzene rings is 2. The number of carbonyl (C=O) groups excluding carboxylic acids is 1. The van der Waals surface area contributed by atoms with Crippen molar-refractivity contribution in [2.45, 2.75) is 25.2 Å². The van der Waals surface area contributed by atoms with Crippen molar-refractivity contribution in [3.63, 3.8) is 0 Å². The van der Waals surface area contributed by atoms with Crippen LogP contribution in [0.15, 0.2) is 47.4 Å². The molecular formula is C19H23N3O3S. The van der Waals surface area contributed by atoms with Crippen LogP contribution in [0.4, 0.5) is 16.2 Å². The average Bonchev–Trinajstić information content (AvgIpc) is 2.57. The SMILES string of the molecule is Cc1ccc(S(=O)(=O)Nc2ccc(N3CCCN(C)C3=O)cc2)c(C)c1. The zero-order valence-corrected chi connectivity index (χ0v) is 16.0. The summed E-state index contributed by atoms with van der Waals surface area (Å²) in [6.07, 6.45) is 0.906. The fourth-order valence-corrected chi connectivity index (χ4v) is 4.41. The van der Waals surface area contributed by atoms with E-state index in [4.69, 9.17) is 0 Å². The predicted molar refractivity (Wildman–Crippen MR) is 103 cm³/mol. The molecule has 0 aliphatic carbocycles. The third-order valence-electron chi connectivity index (χ3n) is 4.48. The molecule has 2 aromatic rings. The predicted octanol–water partition coefficient (Wildman–Crippen LogP) is 3.37. The number of nitrogens with zero attached hydrogens (tertiary/aromatic N) is 2. The summed E-state index contributed by atoms with van der Waals surface area (Å²) in [6.45, 7) is 5.12. The van der Waals surface area contributed by atoms with Crippen LogP contribution in [-0.2, 0) is 10.0 Å². The van der Waals surface area contributed by atoms with E-state index in [-0.39, 0.29) is 10.9 Å². The molecule has 1 heterocycles. The van der Waals surface area contributed by atoms with Gasteiger partial charge in [0.25, 0.3) is 10.0 Å². The minimum Gasteiger partial charge on any atom is -0.327 e. The third kappa shape index (κ3) is 3.67. The molecule has 26 heavy (non-hydrogen) atoms. The van der Waals surface area contributed by atoms with Crippen LogP contribution >= 0.6 is 0 Å². The van der Waals surface area contributed by atoms with Gasteiger partial charge in [0.2, 0.25) is 0 Å². The summed E-state index contributed by atoms with van der Waals surface area (Å²) in [4.78, 5) is 15.9. The molecule has 2 aromatic carbocycles. The van der Waals surface area contributed by atoms with E-state index in [9.17, 15) is 13.2 Å². The number of carbonyl (C=O) groups is 1. The van der Waals surface area contributed by atoms with Gasteiger partial charge in [-0.05, 0) is 56.2 Å². The number of anilines is 2. The summed E-state index contributed by atoms with van der Waals surface area (Å²) in [5.74, 6) is 0. The van der Waals surface area contributed by atoms with Crippen molar-refractivity contribution in [2.24, 2.45) is 0 Å². The smallest absolute Gasteiger partial charge is 0.324 e. The second-order valence-corrected chi connectivity index (χ2v) is 8.28. The zero-order valence-electron chi connectivity index (χ0n) is 15.2. The second-order valence-electron chi connectivity index (χ2n) is 6.63. The lowest BCUT2D eigenvalue weighted by molar-refractivity contribution is 0.207.